The van der Waals surface area contributed by atoms with Crippen molar-refractivity contribution in [2.45, 2.75) is 0 Å². The van der Waals surface area contributed by atoms with Gasteiger partial charge in [0.05, 0.1) is 10.5 Å². The standard InChI is InChI=1S/C11H5FN8O2/c12-8-2-9(10(20(21)22)1-6(8)3-13)15-5-7(4-14)11-16-18-19-17-11/h1-2,5,15H,(H,16,17,18,19). The van der Waals surface area contributed by atoms with Crippen LogP contribution in [-0.4, -0.2) is 25.5 Å². The number of anilines is 1. The molecule has 11 heteroatoms. The number of nitro groups is 1. The first-order chi connectivity index (χ1) is 10.6. The summed E-state index contributed by atoms with van der Waals surface area (Å²) in [4.78, 5) is 10.2. The number of tetrazole rings is 1. The summed E-state index contributed by atoms with van der Waals surface area (Å²) >= 11 is 0. The maximum absolute atomic E-state index is 13.6. The monoisotopic (exact) mass is 300 g/mol. The molecule has 0 aliphatic heterocycles. The molecule has 2 rings (SSSR count). The molecule has 1 aromatic carbocycles. The average molecular weight is 300 g/mol. The van der Waals surface area contributed by atoms with Gasteiger partial charge in [-0.1, -0.05) is 0 Å². The number of nitrogens with zero attached hydrogens (tertiary/aromatic N) is 6. The Balaban J connectivity index is 2.41. The molecule has 10 nitrogen and oxygen atoms in total. The van der Waals surface area contributed by atoms with Gasteiger partial charge in [0.1, 0.15) is 29.2 Å². The molecule has 0 amide bonds. The normalized spacial score (nSPS) is 10.6. The summed E-state index contributed by atoms with van der Waals surface area (Å²) in [6.45, 7) is 0. The van der Waals surface area contributed by atoms with Crippen molar-refractivity contribution in [1.82, 2.24) is 20.6 Å². The Hall–Kier alpha value is -3.86. The first-order valence-corrected chi connectivity index (χ1v) is 5.55. The minimum Gasteiger partial charge on any atom is -0.355 e. The number of rotatable bonds is 4. The van der Waals surface area contributed by atoms with Gasteiger partial charge in [-0.2, -0.15) is 15.7 Å². The molecule has 22 heavy (non-hydrogen) atoms. The van der Waals surface area contributed by atoms with Gasteiger partial charge in [-0.15, -0.1) is 10.2 Å². The number of aromatic amines is 1. The van der Waals surface area contributed by atoms with Gasteiger partial charge < -0.3 is 5.32 Å². The van der Waals surface area contributed by atoms with E-state index in [2.05, 4.69) is 25.9 Å². The van der Waals surface area contributed by atoms with Gasteiger partial charge in [0, 0.05) is 18.3 Å². The second kappa shape index (κ2) is 6.06. The highest BCUT2D eigenvalue weighted by Gasteiger charge is 2.18. The predicted octanol–water partition coefficient (Wildman–Crippen LogP) is 1.10. The SMILES string of the molecule is N#CC(=CNc1cc(F)c(C#N)cc1[N+](=O)[O-])c1nn[nH]n1. The van der Waals surface area contributed by atoms with E-state index in [0.29, 0.717) is 0 Å². The van der Waals surface area contributed by atoms with E-state index in [9.17, 15) is 14.5 Å². The van der Waals surface area contributed by atoms with Gasteiger partial charge in [0.2, 0.25) is 5.82 Å². The zero-order valence-corrected chi connectivity index (χ0v) is 10.6. The van der Waals surface area contributed by atoms with Crippen LogP contribution >= 0.6 is 0 Å². The van der Waals surface area contributed by atoms with Gasteiger partial charge in [-0.3, -0.25) is 10.1 Å². The summed E-state index contributed by atoms with van der Waals surface area (Å²) in [6.07, 6.45) is 1.07. The summed E-state index contributed by atoms with van der Waals surface area (Å²) in [6, 6.07) is 4.85. The number of allylic oxidation sites excluding steroid dienone is 1. The molecule has 108 valence electrons. The number of halogens is 1. The van der Waals surface area contributed by atoms with Crippen molar-refractivity contribution >= 4 is 16.9 Å². The second-order valence-corrected chi connectivity index (χ2v) is 3.77. The molecule has 2 aromatic rings. The molecule has 0 aliphatic rings. The van der Waals surface area contributed by atoms with Crippen LogP contribution in [0, 0.1) is 38.6 Å². The third-order valence-corrected chi connectivity index (χ3v) is 2.48. The van der Waals surface area contributed by atoms with Crippen molar-refractivity contribution < 1.29 is 9.31 Å². The number of H-pyrrole nitrogens is 1. The summed E-state index contributed by atoms with van der Waals surface area (Å²) < 4.78 is 13.6. The van der Waals surface area contributed by atoms with E-state index in [-0.39, 0.29) is 17.1 Å². The highest BCUT2D eigenvalue weighted by Crippen LogP contribution is 2.28. The summed E-state index contributed by atoms with van der Waals surface area (Å²) in [5, 5.41) is 43.6. The Labute approximate surface area is 121 Å². The van der Waals surface area contributed by atoms with E-state index < -0.39 is 22.0 Å². The topological polar surface area (TPSA) is 157 Å². The average Bonchev–Trinajstić information content (AvgIpc) is 3.02. The first kappa shape index (κ1) is 14.5. The molecule has 0 fully saturated rings. The van der Waals surface area contributed by atoms with Crippen LogP contribution in [0.15, 0.2) is 18.3 Å². The number of nitro benzene ring substituents is 1. The van der Waals surface area contributed by atoms with Gasteiger partial charge in [-0.25, -0.2) is 4.39 Å². The fourth-order valence-corrected chi connectivity index (χ4v) is 1.49. The molecule has 0 spiro atoms. The Bertz CT molecular complexity index is 831. The molecule has 0 unspecified atom stereocenters. The third-order valence-electron chi connectivity index (χ3n) is 2.48. The fraction of sp³-hybridized carbons (Fsp3) is 0. The van der Waals surface area contributed by atoms with Crippen molar-refractivity contribution in [1.29, 1.82) is 10.5 Å². The van der Waals surface area contributed by atoms with Crippen LogP contribution in [0.3, 0.4) is 0 Å². The number of hydrogen-bond acceptors (Lipinski definition) is 8. The van der Waals surface area contributed by atoms with E-state index in [1.165, 1.54) is 6.07 Å². The lowest BCUT2D eigenvalue weighted by atomic mass is 10.1. The smallest absolute Gasteiger partial charge is 0.294 e. The van der Waals surface area contributed by atoms with E-state index in [1.54, 1.807) is 6.07 Å². The Morgan fingerprint density at radius 1 is 1.50 bits per heavy atom. The van der Waals surface area contributed by atoms with E-state index in [1.807, 2.05) is 0 Å². The first-order valence-electron chi connectivity index (χ1n) is 5.55. The summed E-state index contributed by atoms with van der Waals surface area (Å²) in [5.41, 5.74) is -1.27. The molecule has 1 heterocycles. The third kappa shape index (κ3) is 2.83. The molecule has 0 bridgehead atoms. The van der Waals surface area contributed by atoms with Crippen molar-refractivity contribution in [2.75, 3.05) is 5.32 Å². The predicted molar refractivity (Wildman–Crippen MR) is 69.2 cm³/mol. The Kier molecular flexibility index (Phi) is 4.01. The van der Waals surface area contributed by atoms with Crippen LogP contribution in [0.1, 0.15) is 11.4 Å². The fourth-order valence-electron chi connectivity index (χ4n) is 1.49. The highest BCUT2D eigenvalue weighted by atomic mass is 19.1. The summed E-state index contributed by atoms with van der Waals surface area (Å²) in [5.74, 6) is -0.964. The molecule has 2 N–H and O–H groups in total. The molecule has 0 saturated carbocycles. The number of hydrogen-bond donors (Lipinski definition) is 2. The van der Waals surface area contributed by atoms with Gasteiger partial charge in [0.15, 0.2) is 0 Å². The molecule has 0 atom stereocenters. The number of aromatic nitrogens is 4. The van der Waals surface area contributed by atoms with E-state index >= 15 is 0 Å². The lowest BCUT2D eigenvalue weighted by Crippen LogP contribution is -2.00. The van der Waals surface area contributed by atoms with Crippen molar-refractivity contribution in [3.05, 3.63) is 45.7 Å². The van der Waals surface area contributed by atoms with Crippen molar-refractivity contribution in [3.63, 3.8) is 0 Å². The van der Waals surface area contributed by atoms with Gasteiger partial charge in [0.25, 0.3) is 5.69 Å². The van der Waals surface area contributed by atoms with E-state index in [0.717, 1.165) is 18.3 Å². The number of nitrogens with one attached hydrogen (secondary N) is 2. The lowest BCUT2D eigenvalue weighted by molar-refractivity contribution is -0.384. The van der Waals surface area contributed by atoms with Crippen LogP contribution in [0.4, 0.5) is 15.8 Å². The van der Waals surface area contributed by atoms with Crippen molar-refractivity contribution in [3.8, 4) is 12.1 Å². The van der Waals surface area contributed by atoms with Crippen LogP contribution in [0.2, 0.25) is 0 Å². The Morgan fingerprint density at radius 3 is 2.82 bits per heavy atom. The van der Waals surface area contributed by atoms with E-state index in [4.69, 9.17) is 10.5 Å². The second-order valence-electron chi connectivity index (χ2n) is 3.77. The number of nitriles is 2. The zero-order valence-electron chi connectivity index (χ0n) is 10.6. The minimum absolute atomic E-state index is 0.0354. The largest absolute Gasteiger partial charge is 0.355 e. The molecule has 1 aromatic heterocycles. The Morgan fingerprint density at radius 2 is 2.27 bits per heavy atom. The summed E-state index contributed by atoms with van der Waals surface area (Å²) in [7, 11) is 0. The van der Waals surface area contributed by atoms with Crippen LogP contribution < -0.4 is 5.32 Å². The maximum atomic E-state index is 13.6. The number of benzene rings is 1. The molecule has 0 aliphatic carbocycles. The van der Waals surface area contributed by atoms with Crippen LogP contribution in [-0.2, 0) is 0 Å². The molecule has 0 radical (unpaired) electrons. The highest BCUT2D eigenvalue weighted by molar-refractivity contribution is 5.76. The quantitative estimate of drug-likeness (QED) is 0.482. The van der Waals surface area contributed by atoms with Crippen molar-refractivity contribution in [2.24, 2.45) is 0 Å². The van der Waals surface area contributed by atoms with Gasteiger partial charge in [-0.05, 0) is 5.21 Å². The molecular weight excluding hydrogens is 295 g/mol. The zero-order chi connectivity index (χ0) is 16.1. The molecule has 0 saturated heterocycles. The maximum Gasteiger partial charge on any atom is 0.294 e. The minimum atomic E-state index is -0.929. The van der Waals surface area contributed by atoms with Crippen LogP contribution in [0.25, 0.3) is 5.57 Å². The van der Waals surface area contributed by atoms with Gasteiger partial charge >= 0.3 is 0 Å². The molecular formula is C11H5FN8O2. The van der Waals surface area contributed by atoms with Crippen LogP contribution in [0.5, 0.6) is 0 Å². The lowest BCUT2D eigenvalue weighted by Gasteiger charge is -2.04.